The second-order valence-corrected chi connectivity index (χ2v) is 6.01. The molecule has 2 rings (SSSR count). The van der Waals surface area contributed by atoms with Crippen LogP contribution in [0.1, 0.15) is 0 Å². The molecule has 21 heavy (non-hydrogen) atoms. The van der Waals surface area contributed by atoms with Gasteiger partial charge >= 0.3 is 0 Å². The molecule has 1 N–H and O–H groups in total. The van der Waals surface area contributed by atoms with Gasteiger partial charge in [-0.2, -0.15) is 18.8 Å². The zero-order valence-electron chi connectivity index (χ0n) is 10.9. The molecule has 0 saturated carbocycles. The van der Waals surface area contributed by atoms with Gasteiger partial charge in [-0.25, -0.2) is 0 Å². The van der Waals surface area contributed by atoms with Crippen molar-refractivity contribution >= 4 is 27.3 Å². The third-order valence-corrected chi connectivity index (χ3v) is 4.37. The first-order valence-corrected chi connectivity index (χ1v) is 7.60. The minimum atomic E-state index is -3.87. The van der Waals surface area contributed by atoms with E-state index in [1.807, 2.05) is 6.07 Å². The fourth-order valence-corrected chi connectivity index (χ4v) is 3.38. The Labute approximate surface area is 126 Å². The van der Waals surface area contributed by atoms with Crippen LogP contribution in [-0.2, 0) is 17.1 Å². The molecule has 2 aromatic rings. The molecule has 0 aliphatic carbocycles. The van der Waals surface area contributed by atoms with Gasteiger partial charge in [-0.15, -0.1) is 0 Å². The van der Waals surface area contributed by atoms with Gasteiger partial charge in [0.1, 0.15) is 11.8 Å². The number of sulfonamides is 1. The van der Waals surface area contributed by atoms with Gasteiger partial charge in [0.2, 0.25) is 0 Å². The van der Waals surface area contributed by atoms with E-state index in [-0.39, 0.29) is 16.7 Å². The van der Waals surface area contributed by atoms with Crippen molar-refractivity contribution in [3.05, 3.63) is 35.5 Å². The number of aryl methyl sites for hydroxylation is 1. The highest BCUT2D eigenvalue weighted by Gasteiger charge is 2.22. The minimum absolute atomic E-state index is 0.0295. The smallest absolute Gasteiger partial charge is 0.280 e. The second kappa shape index (κ2) is 6.03. The Morgan fingerprint density at radius 1 is 1.52 bits per heavy atom. The zero-order valence-corrected chi connectivity index (χ0v) is 12.5. The maximum Gasteiger partial charge on any atom is 0.280 e. The van der Waals surface area contributed by atoms with Gasteiger partial charge in [0.25, 0.3) is 10.0 Å². The fraction of sp³-hybridized carbons (Fsp3) is 0.167. The second-order valence-electron chi connectivity index (χ2n) is 4.00. The lowest BCUT2D eigenvalue weighted by Gasteiger charge is -2.10. The monoisotopic (exact) mass is 326 g/mol. The first kappa shape index (κ1) is 15.2. The van der Waals surface area contributed by atoms with Crippen LogP contribution >= 0.6 is 11.6 Å². The van der Waals surface area contributed by atoms with Crippen LogP contribution in [0.5, 0.6) is 5.75 Å². The van der Waals surface area contributed by atoms with E-state index in [9.17, 15) is 8.42 Å². The van der Waals surface area contributed by atoms with Gasteiger partial charge in [0.15, 0.2) is 11.6 Å². The summed E-state index contributed by atoms with van der Waals surface area (Å²) in [6.45, 7) is -0.121. The topological polar surface area (TPSA) is 97.0 Å². The fourth-order valence-electron chi connectivity index (χ4n) is 1.67. The summed E-state index contributed by atoms with van der Waals surface area (Å²) in [7, 11) is -2.39. The Kier molecular flexibility index (Phi) is 4.35. The summed E-state index contributed by atoms with van der Waals surface area (Å²) >= 11 is 5.83. The molecule has 1 aromatic carbocycles. The van der Waals surface area contributed by atoms with Gasteiger partial charge < -0.3 is 4.74 Å². The van der Waals surface area contributed by atoms with Gasteiger partial charge in [-0.05, 0) is 12.1 Å². The van der Waals surface area contributed by atoms with Crippen LogP contribution in [0, 0.1) is 11.3 Å². The quantitative estimate of drug-likeness (QED) is 0.903. The Bertz CT molecular complexity index is 776. The lowest BCUT2D eigenvalue weighted by atomic mass is 10.3. The van der Waals surface area contributed by atoms with Gasteiger partial charge in [-0.3, -0.25) is 9.40 Å². The minimum Gasteiger partial charge on any atom is -0.479 e. The van der Waals surface area contributed by atoms with Crippen LogP contribution in [-0.4, -0.2) is 24.8 Å². The SMILES string of the molecule is Cn1ncc(Cl)c1S(=O)(=O)Nc1cccc(OCC#N)c1. The summed E-state index contributed by atoms with van der Waals surface area (Å²) in [4.78, 5) is 0. The number of hydrogen-bond acceptors (Lipinski definition) is 5. The summed E-state index contributed by atoms with van der Waals surface area (Å²) in [5.74, 6) is 0.382. The van der Waals surface area contributed by atoms with Crippen molar-refractivity contribution in [2.45, 2.75) is 5.03 Å². The van der Waals surface area contributed by atoms with E-state index in [4.69, 9.17) is 21.6 Å². The Balaban J connectivity index is 2.27. The van der Waals surface area contributed by atoms with Crippen LogP contribution in [0.2, 0.25) is 5.02 Å². The first-order chi connectivity index (χ1) is 9.94. The molecule has 9 heteroatoms. The number of ether oxygens (including phenoxy) is 1. The summed E-state index contributed by atoms with van der Waals surface area (Å²) in [6.07, 6.45) is 1.25. The lowest BCUT2D eigenvalue weighted by Crippen LogP contribution is -2.17. The number of nitrogens with one attached hydrogen (secondary N) is 1. The predicted molar refractivity (Wildman–Crippen MR) is 76.6 cm³/mol. The first-order valence-electron chi connectivity index (χ1n) is 5.74. The molecule has 0 bridgehead atoms. The van der Waals surface area contributed by atoms with Crippen molar-refractivity contribution < 1.29 is 13.2 Å². The molecule has 0 aliphatic heterocycles. The molecular formula is C12H11ClN4O3S. The molecule has 0 fully saturated rings. The van der Waals surface area contributed by atoms with Crippen LogP contribution < -0.4 is 9.46 Å². The van der Waals surface area contributed by atoms with Crippen molar-refractivity contribution in [2.75, 3.05) is 11.3 Å². The maximum atomic E-state index is 12.3. The number of rotatable bonds is 5. The van der Waals surface area contributed by atoms with Gasteiger partial charge in [-0.1, -0.05) is 17.7 Å². The number of nitrogens with zero attached hydrogens (tertiary/aromatic N) is 3. The van der Waals surface area contributed by atoms with Crippen LogP contribution in [0.4, 0.5) is 5.69 Å². The van der Waals surface area contributed by atoms with Crippen LogP contribution in [0.3, 0.4) is 0 Å². The van der Waals surface area contributed by atoms with Gasteiger partial charge in [0.05, 0.1) is 16.9 Å². The summed E-state index contributed by atoms with van der Waals surface area (Å²) in [5, 5.41) is 12.1. The normalized spacial score (nSPS) is 10.9. The summed E-state index contributed by atoms with van der Waals surface area (Å²) in [5.41, 5.74) is 0.294. The number of anilines is 1. The molecular weight excluding hydrogens is 316 g/mol. The number of hydrogen-bond donors (Lipinski definition) is 1. The largest absolute Gasteiger partial charge is 0.479 e. The van der Waals surface area contributed by atoms with Crippen molar-refractivity contribution in [1.82, 2.24) is 9.78 Å². The lowest BCUT2D eigenvalue weighted by molar-refractivity contribution is 0.368. The zero-order chi connectivity index (χ0) is 15.5. The third kappa shape index (κ3) is 3.45. The molecule has 7 nitrogen and oxygen atoms in total. The van der Waals surface area contributed by atoms with E-state index in [0.717, 1.165) is 0 Å². The van der Waals surface area contributed by atoms with Crippen molar-refractivity contribution in [2.24, 2.45) is 7.05 Å². The van der Waals surface area contributed by atoms with Crippen molar-refractivity contribution in [3.63, 3.8) is 0 Å². The average molecular weight is 327 g/mol. The van der Waals surface area contributed by atoms with E-state index in [2.05, 4.69) is 9.82 Å². The highest BCUT2D eigenvalue weighted by atomic mass is 35.5. The highest BCUT2D eigenvalue weighted by molar-refractivity contribution is 7.92. The third-order valence-electron chi connectivity index (χ3n) is 2.49. The summed E-state index contributed by atoms with van der Waals surface area (Å²) < 4.78 is 33.2. The molecule has 0 radical (unpaired) electrons. The molecule has 110 valence electrons. The Morgan fingerprint density at radius 2 is 2.29 bits per heavy atom. The number of aromatic nitrogens is 2. The van der Waals surface area contributed by atoms with Crippen molar-refractivity contribution in [1.29, 1.82) is 5.26 Å². The number of nitriles is 1. The van der Waals surface area contributed by atoms with E-state index < -0.39 is 10.0 Å². The molecule has 0 amide bonds. The summed E-state index contributed by atoms with van der Waals surface area (Å²) in [6, 6.07) is 8.08. The highest BCUT2D eigenvalue weighted by Crippen LogP contribution is 2.24. The molecule has 0 atom stereocenters. The van der Waals surface area contributed by atoms with E-state index in [0.29, 0.717) is 11.4 Å². The average Bonchev–Trinajstić information content (AvgIpc) is 2.76. The van der Waals surface area contributed by atoms with E-state index >= 15 is 0 Å². The van der Waals surface area contributed by atoms with Crippen molar-refractivity contribution in [3.8, 4) is 11.8 Å². The van der Waals surface area contributed by atoms with Crippen LogP contribution in [0.25, 0.3) is 0 Å². The number of benzene rings is 1. The number of halogens is 1. The molecule has 0 spiro atoms. The predicted octanol–water partition coefficient (Wildman–Crippen LogP) is 1.78. The Hall–Kier alpha value is -2.24. The Morgan fingerprint density at radius 3 is 2.90 bits per heavy atom. The molecule has 0 saturated heterocycles. The standard InChI is InChI=1S/C12H11ClN4O3S/c1-17-12(11(13)8-15-17)21(18,19)16-9-3-2-4-10(7-9)20-6-5-14/h2-4,7-8,16H,6H2,1H3. The molecule has 1 aromatic heterocycles. The molecule has 0 unspecified atom stereocenters. The van der Waals surface area contributed by atoms with Gasteiger partial charge in [0, 0.05) is 13.1 Å². The molecule has 0 aliphatic rings. The maximum absolute atomic E-state index is 12.3. The van der Waals surface area contributed by atoms with E-state index in [1.54, 1.807) is 18.2 Å². The molecule has 1 heterocycles. The van der Waals surface area contributed by atoms with Crippen LogP contribution in [0.15, 0.2) is 35.5 Å². The van der Waals surface area contributed by atoms with E-state index in [1.165, 1.54) is 24.0 Å².